The molecule has 214 valence electrons. The molecule has 0 aromatic heterocycles. The van der Waals surface area contributed by atoms with Crippen LogP contribution >= 0.6 is 0 Å². The first kappa shape index (κ1) is 25.6. The summed E-state index contributed by atoms with van der Waals surface area (Å²) in [6, 6.07) is 54.9. The average molecular weight is 583 g/mol. The van der Waals surface area contributed by atoms with Crippen LogP contribution in [0.4, 0.5) is 0 Å². The number of hydrogen-bond acceptors (Lipinski definition) is 0. The SMILES string of the molecule is Cc1cccc(-c2c3cc4cc5ccccc5cc4cc3c(-c3cccc(C)c3)c3c4cccc5ccc6cccc(c23)c6c54)c1. The molecule has 0 unspecified atom stereocenters. The van der Waals surface area contributed by atoms with Crippen molar-refractivity contribution in [1.82, 2.24) is 0 Å². The predicted octanol–water partition coefficient (Wildman–Crippen LogP) is 13.1. The lowest BCUT2D eigenvalue weighted by molar-refractivity contribution is 1.47. The fraction of sp³-hybridized carbons (Fsp3) is 0.0435. The summed E-state index contributed by atoms with van der Waals surface area (Å²) in [6.07, 6.45) is 0. The molecule has 46 heavy (non-hydrogen) atoms. The summed E-state index contributed by atoms with van der Waals surface area (Å²) in [5, 5.41) is 18.3. The van der Waals surface area contributed by atoms with Crippen LogP contribution in [0.3, 0.4) is 0 Å². The maximum Gasteiger partial charge on any atom is -0.000741 e. The molecule has 0 bridgehead atoms. The summed E-state index contributed by atoms with van der Waals surface area (Å²) in [5.74, 6) is 0. The first-order valence-electron chi connectivity index (χ1n) is 16.2. The van der Waals surface area contributed by atoms with Gasteiger partial charge in [0.15, 0.2) is 0 Å². The van der Waals surface area contributed by atoms with E-state index in [9.17, 15) is 0 Å². The second-order valence-electron chi connectivity index (χ2n) is 13.1. The highest BCUT2D eigenvalue weighted by molar-refractivity contribution is 6.41. The highest BCUT2D eigenvalue weighted by atomic mass is 14.3. The smallest absolute Gasteiger partial charge is 0.000741 e. The van der Waals surface area contributed by atoms with Crippen LogP contribution in [0.2, 0.25) is 0 Å². The van der Waals surface area contributed by atoms with Crippen molar-refractivity contribution in [2.45, 2.75) is 13.8 Å². The quantitative estimate of drug-likeness (QED) is 0.140. The number of aryl methyl sites for hydroxylation is 2. The minimum atomic E-state index is 1.26. The van der Waals surface area contributed by atoms with E-state index in [2.05, 4.69) is 159 Å². The Bertz CT molecular complexity index is 2670. The lowest BCUT2D eigenvalue weighted by Gasteiger charge is -2.23. The summed E-state index contributed by atoms with van der Waals surface area (Å²) < 4.78 is 0. The zero-order valence-corrected chi connectivity index (χ0v) is 25.9. The van der Waals surface area contributed by atoms with E-state index in [1.807, 2.05) is 0 Å². The topological polar surface area (TPSA) is 0 Å². The van der Waals surface area contributed by atoms with Crippen LogP contribution in [0, 0.1) is 13.8 Å². The molecule has 0 amide bonds. The largest absolute Gasteiger partial charge is 0.0616 e. The van der Waals surface area contributed by atoms with Crippen molar-refractivity contribution >= 4 is 75.4 Å². The number of rotatable bonds is 2. The van der Waals surface area contributed by atoms with Gasteiger partial charge in [-0.1, -0.05) is 132 Å². The number of fused-ring (bicyclic) bond motifs is 6. The minimum Gasteiger partial charge on any atom is -0.0616 e. The predicted molar refractivity (Wildman–Crippen MR) is 201 cm³/mol. The van der Waals surface area contributed by atoms with Crippen molar-refractivity contribution in [3.8, 4) is 22.3 Å². The maximum absolute atomic E-state index is 2.47. The van der Waals surface area contributed by atoms with Gasteiger partial charge in [-0.25, -0.2) is 0 Å². The standard InChI is InChI=1S/C46H30/c1-27-9-5-15-33(21-27)43-39-25-35-23-31-11-3-4-12-32(31)24-36(35)26-40(39)44(34-16-6-10-28(2)22-34)46-38-18-8-14-30-20-19-29-13-7-17-37(45(43)46)41(29)42(30)38/h3-26H,1-2H3. The van der Waals surface area contributed by atoms with Crippen LogP contribution in [0.25, 0.3) is 97.7 Å². The van der Waals surface area contributed by atoms with Gasteiger partial charge < -0.3 is 0 Å². The molecule has 0 saturated heterocycles. The molecule has 0 radical (unpaired) electrons. The molecule has 0 aliphatic carbocycles. The van der Waals surface area contributed by atoms with Gasteiger partial charge in [0.1, 0.15) is 0 Å². The Morgan fingerprint density at radius 2 is 0.717 bits per heavy atom. The Labute approximate surface area is 267 Å². The summed E-state index contributed by atoms with van der Waals surface area (Å²) in [5.41, 5.74) is 7.70. The van der Waals surface area contributed by atoms with Crippen molar-refractivity contribution in [2.75, 3.05) is 0 Å². The molecule has 0 atom stereocenters. The van der Waals surface area contributed by atoms with E-state index in [1.165, 1.54) is 109 Å². The molecule has 10 rings (SSSR count). The number of benzene rings is 10. The molecule has 0 aliphatic rings. The summed E-state index contributed by atoms with van der Waals surface area (Å²) >= 11 is 0. The summed E-state index contributed by atoms with van der Waals surface area (Å²) in [7, 11) is 0. The molecule has 0 heterocycles. The normalized spacial score (nSPS) is 12.1. The molecule has 0 heteroatoms. The Morgan fingerprint density at radius 1 is 0.283 bits per heavy atom. The van der Waals surface area contributed by atoms with Gasteiger partial charge in [0.2, 0.25) is 0 Å². The first-order chi connectivity index (χ1) is 22.6. The highest BCUT2D eigenvalue weighted by Crippen LogP contribution is 2.52. The van der Waals surface area contributed by atoms with Crippen LogP contribution in [0.5, 0.6) is 0 Å². The van der Waals surface area contributed by atoms with E-state index in [0.717, 1.165) is 0 Å². The van der Waals surface area contributed by atoms with Gasteiger partial charge in [-0.2, -0.15) is 0 Å². The Morgan fingerprint density at radius 3 is 1.17 bits per heavy atom. The van der Waals surface area contributed by atoms with Gasteiger partial charge in [0.25, 0.3) is 0 Å². The van der Waals surface area contributed by atoms with E-state index >= 15 is 0 Å². The molecule has 0 N–H and O–H groups in total. The van der Waals surface area contributed by atoms with E-state index < -0.39 is 0 Å². The summed E-state index contributed by atoms with van der Waals surface area (Å²) in [6.45, 7) is 4.41. The molecular weight excluding hydrogens is 553 g/mol. The van der Waals surface area contributed by atoms with Crippen molar-refractivity contribution in [1.29, 1.82) is 0 Å². The third-order valence-electron chi connectivity index (χ3n) is 10.2. The molecule has 0 spiro atoms. The Hall–Kier alpha value is -5.72. The van der Waals surface area contributed by atoms with Gasteiger partial charge >= 0.3 is 0 Å². The second-order valence-corrected chi connectivity index (χ2v) is 13.1. The van der Waals surface area contributed by atoms with Gasteiger partial charge in [-0.3, -0.25) is 0 Å². The number of hydrogen-bond donors (Lipinski definition) is 0. The van der Waals surface area contributed by atoms with Crippen molar-refractivity contribution in [2.24, 2.45) is 0 Å². The van der Waals surface area contributed by atoms with E-state index in [4.69, 9.17) is 0 Å². The third kappa shape index (κ3) is 3.56. The average Bonchev–Trinajstić information content (AvgIpc) is 3.08. The molecule has 10 aromatic carbocycles. The third-order valence-corrected chi connectivity index (χ3v) is 10.2. The zero-order valence-electron chi connectivity index (χ0n) is 25.9. The maximum atomic E-state index is 2.47. The van der Waals surface area contributed by atoms with Crippen molar-refractivity contribution < 1.29 is 0 Å². The van der Waals surface area contributed by atoms with E-state index in [-0.39, 0.29) is 0 Å². The van der Waals surface area contributed by atoms with E-state index in [1.54, 1.807) is 0 Å². The van der Waals surface area contributed by atoms with Crippen LogP contribution in [-0.2, 0) is 0 Å². The van der Waals surface area contributed by atoms with Crippen LogP contribution in [0.1, 0.15) is 11.1 Å². The van der Waals surface area contributed by atoms with Crippen LogP contribution < -0.4 is 0 Å². The molecule has 0 saturated carbocycles. The van der Waals surface area contributed by atoms with E-state index in [0.29, 0.717) is 0 Å². The lowest BCUT2D eigenvalue weighted by Crippen LogP contribution is -1.95. The molecular formula is C46H30. The summed E-state index contributed by atoms with van der Waals surface area (Å²) in [4.78, 5) is 0. The fourth-order valence-electron chi connectivity index (χ4n) is 8.24. The molecule has 0 fully saturated rings. The van der Waals surface area contributed by atoms with Gasteiger partial charge in [0, 0.05) is 0 Å². The molecule has 0 nitrogen and oxygen atoms in total. The zero-order chi connectivity index (χ0) is 30.5. The van der Waals surface area contributed by atoms with Gasteiger partial charge in [0.05, 0.1) is 0 Å². The Balaban J connectivity index is 1.57. The monoisotopic (exact) mass is 582 g/mol. The second kappa shape index (κ2) is 9.39. The van der Waals surface area contributed by atoms with Crippen molar-refractivity contribution in [3.63, 3.8) is 0 Å². The van der Waals surface area contributed by atoms with Crippen LogP contribution in [0.15, 0.2) is 146 Å². The van der Waals surface area contributed by atoms with Gasteiger partial charge in [-0.05, 0) is 136 Å². The Kier molecular flexibility index (Phi) is 5.23. The first-order valence-corrected chi connectivity index (χ1v) is 16.2. The molecule has 0 aliphatic heterocycles. The highest BCUT2D eigenvalue weighted by Gasteiger charge is 2.23. The van der Waals surface area contributed by atoms with Crippen LogP contribution in [-0.4, -0.2) is 0 Å². The lowest BCUT2D eigenvalue weighted by atomic mass is 9.79. The fourth-order valence-corrected chi connectivity index (χ4v) is 8.24. The van der Waals surface area contributed by atoms with Gasteiger partial charge in [-0.15, -0.1) is 0 Å². The molecule has 10 aromatic rings. The minimum absolute atomic E-state index is 1.26. The van der Waals surface area contributed by atoms with Crippen molar-refractivity contribution in [3.05, 3.63) is 157 Å².